The zero-order valence-electron chi connectivity index (χ0n) is 16.3. The van der Waals surface area contributed by atoms with Crippen LogP contribution in [-0.4, -0.2) is 31.0 Å². The molecular formula is C22H26ClFN2O2. The number of hydrogen-bond acceptors (Lipinski definition) is 3. The van der Waals surface area contributed by atoms with Crippen LogP contribution >= 0.6 is 11.6 Å². The molecule has 1 aliphatic heterocycles. The summed E-state index contributed by atoms with van der Waals surface area (Å²) in [4.78, 5) is 14.8. The Kier molecular flexibility index (Phi) is 6.92. The molecule has 1 unspecified atom stereocenters. The molecule has 2 aromatic rings. The molecule has 1 atom stereocenters. The monoisotopic (exact) mass is 404 g/mol. The van der Waals surface area contributed by atoms with Crippen molar-refractivity contribution >= 4 is 17.5 Å². The molecule has 0 aliphatic carbocycles. The Hall–Kier alpha value is -2.11. The number of methoxy groups -OCH3 is 1. The van der Waals surface area contributed by atoms with Gasteiger partial charge >= 0.3 is 0 Å². The molecule has 0 bridgehead atoms. The van der Waals surface area contributed by atoms with E-state index in [4.69, 9.17) is 16.3 Å². The van der Waals surface area contributed by atoms with Gasteiger partial charge in [-0.2, -0.15) is 0 Å². The molecule has 0 aromatic heterocycles. The van der Waals surface area contributed by atoms with E-state index >= 15 is 0 Å². The molecule has 2 aromatic carbocycles. The highest BCUT2D eigenvalue weighted by Crippen LogP contribution is 2.25. The van der Waals surface area contributed by atoms with Gasteiger partial charge in [0, 0.05) is 23.0 Å². The number of nitrogens with one attached hydrogen (secondary N) is 1. The lowest BCUT2D eigenvalue weighted by molar-refractivity contribution is -0.127. The van der Waals surface area contributed by atoms with Crippen molar-refractivity contribution in [3.8, 4) is 5.75 Å². The van der Waals surface area contributed by atoms with Gasteiger partial charge in [-0.25, -0.2) is 4.39 Å². The second-order valence-electron chi connectivity index (χ2n) is 7.25. The lowest BCUT2D eigenvalue weighted by Gasteiger charge is -2.32. The Bertz CT molecular complexity index is 784. The van der Waals surface area contributed by atoms with E-state index < -0.39 is 0 Å². The quantitative estimate of drug-likeness (QED) is 0.766. The normalized spacial score (nSPS) is 16.6. The Labute approximate surface area is 170 Å². The third-order valence-corrected chi connectivity index (χ3v) is 5.73. The molecule has 4 nitrogen and oxygen atoms in total. The van der Waals surface area contributed by atoms with Gasteiger partial charge in [0.25, 0.3) is 0 Å². The second kappa shape index (κ2) is 9.39. The summed E-state index contributed by atoms with van der Waals surface area (Å²) < 4.78 is 19.1. The predicted molar refractivity (Wildman–Crippen MR) is 109 cm³/mol. The molecular weight excluding hydrogens is 379 g/mol. The van der Waals surface area contributed by atoms with E-state index in [1.165, 1.54) is 6.07 Å². The van der Waals surface area contributed by atoms with Gasteiger partial charge in [0.1, 0.15) is 11.6 Å². The summed E-state index contributed by atoms with van der Waals surface area (Å²) in [5.41, 5.74) is 1.57. The molecule has 28 heavy (non-hydrogen) atoms. The third-order valence-electron chi connectivity index (χ3n) is 5.38. The number of amides is 1. The highest BCUT2D eigenvalue weighted by atomic mass is 35.5. The average Bonchev–Trinajstić information content (AvgIpc) is 2.71. The van der Waals surface area contributed by atoms with E-state index in [9.17, 15) is 9.18 Å². The number of carbonyl (C=O) groups excluding carboxylic acids is 1. The van der Waals surface area contributed by atoms with Crippen molar-refractivity contribution in [3.05, 3.63) is 64.4 Å². The zero-order valence-corrected chi connectivity index (χ0v) is 17.0. The fraction of sp³-hybridized carbons (Fsp3) is 0.409. The number of likely N-dealkylation sites (tertiary alicyclic amines) is 1. The van der Waals surface area contributed by atoms with Crippen LogP contribution in [0.4, 0.5) is 4.39 Å². The number of carbonyl (C=O) groups is 1. The average molecular weight is 405 g/mol. The SMILES string of the molecule is COc1ccc(C(C)NC(=O)C2CCN(Cc3c(F)cccc3Cl)CC2)cc1. The van der Waals surface area contributed by atoms with Gasteiger partial charge in [-0.1, -0.05) is 29.8 Å². The fourth-order valence-corrected chi connectivity index (χ4v) is 3.79. The van der Waals surface area contributed by atoms with Crippen LogP contribution in [0.1, 0.15) is 36.9 Å². The first-order chi connectivity index (χ1) is 13.5. The Balaban J connectivity index is 1.50. The van der Waals surface area contributed by atoms with E-state index in [-0.39, 0.29) is 23.7 Å². The summed E-state index contributed by atoms with van der Waals surface area (Å²) in [6.45, 7) is 3.95. The van der Waals surface area contributed by atoms with E-state index in [1.807, 2.05) is 31.2 Å². The smallest absolute Gasteiger partial charge is 0.223 e. The first-order valence-electron chi connectivity index (χ1n) is 9.57. The molecule has 1 saturated heterocycles. The number of rotatable bonds is 6. The van der Waals surface area contributed by atoms with Gasteiger partial charge < -0.3 is 10.1 Å². The number of benzene rings is 2. The minimum absolute atomic E-state index is 0.0203. The van der Waals surface area contributed by atoms with Crippen LogP contribution in [-0.2, 0) is 11.3 Å². The van der Waals surface area contributed by atoms with Crippen molar-refractivity contribution in [2.75, 3.05) is 20.2 Å². The van der Waals surface area contributed by atoms with Crippen molar-refractivity contribution in [1.29, 1.82) is 0 Å². The summed E-state index contributed by atoms with van der Waals surface area (Å²) in [5, 5.41) is 3.56. The van der Waals surface area contributed by atoms with Crippen LogP contribution < -0.4 is 10.1 Å². The van der Waals surface area contributed by atoms with Crippen molar-refractivity contribution in [1.82, 2.24) is 10.2 Å². The van der Waals surface area contributed by atoms with Gasteiger partial charge in [0.05, 0.1) is 13.2 Å². The highest BCUT2D eigenvalue weighted by molar-refractivity contribution is 6.31. The summed E-state index contributed by atoms with van der Waals surface area (Å²) in [7, 11) is 1.63. The van der Waals surface area contributed by atoms with Gasteiger partial charge in [-0.3, -0.25) is 9.69 Å². The van der Waals surface area contributed by atoms with E-state index in [0.29, 0.717) is 17.1 Å². The molecule has 1 aliphatic rings. The Morgan fingerprint density at radius 1 is 1.25 bits per heavy atom. The third kappa shape index (κ3) is 5.03. The molecule has 0 radical (unpaired) electrons. The standard InChI is InChI=1S/C22H26ClFN2O2/c1-15(16-6-8-18(28-2)9-7-16)25-22(27)17-10-12-26(13-11-17)14-19-20(23)4-3-5-21(19)24/h3-9,15,17H,10-14H2,1-2H3,(H,25,27). The van der Waals surface area contributed by atoms with Gasteiger partial charge in [0.2, 0.25) is 5.91 Å². The minimum Gasteiger partial charge on any atom is -0.497 e. The van der Waals surface area contributed by atoms with Crippen LogP contribution in [0.25, 0.3) is 0 Å². The lowest BCUT2D eigenvalue weighted by Crippen LogP contribution is -2.41. The van der Waals surface area contributed by atoms with E-state index in [1.54, 1.807) is 19.2 Å². The van der Waals surface area contributed by atoms with E-state index in [2.05, 4.69) is 10.2 Å². The predicted octanol–water partition coefficient (Wildman–Crippen LogP) is 4.58. The van der Waals surface area contributed by atoms with Crippen LogP contribution in [0.15, 0.2) is 42.5 Å². The molecule has 0 spiro atoms. The zero-order chi connectivity index (χ0) is 20.1. The fourth-order valence-electron chi connectivity index (χ4n) is 3.57. The molecule has 6 heteroatoms. The molecule has 1 heterocycles. The highest BCUT2D eigenvalue weighted by Gasteiger charge is 2.26. The Morgan fingerprint density at radius 2 is 1.93 bits per heavy atom. The number of halogens is 2. The van der Waals surface area contributed by atoms with Crippen molar-refractivity contribution in [2.45, 2.75) is 32.4 Å². The first-order valence-corrected chi connectivity index (χ1v) is 9.95. The lowest BCUT2D eigenvalue weighted by atomic mass is 9.94. The largest absolute Gasteiger partial charge is 0.497 e. The van der Waals surface area contributed by atoms with Crippen LogP contribution in [0.2, 0.25) is 5.02 Å². The second-order valence-corrected chi connectivity index (χ2v) is 7.66. The molecule has 150 valence electrons. The summed E-state index contributed by atoms with van der Waals surface area (Å²) in [6, 6.07) is 12.4. The van der Waals surface area contributed by atoms with Gasteiger partial charge in [-0.05, 0) is 62.7 Å². The van der Waals surface area contributed by atoms with Crippen molar-refractivity contribution < 1.29 is 13.9 Å². The maximum absolute atomic E-state index is 14.0. The topological polar surface area (TPSA) is 41.6 Å². The maximum atomic E-state index is 14.0. The molecule has 3 rings (SSSR count). The summed E-state index contributed by atoms with van der Waals surface area (Å²) >= 11 is 6.12. The number of ether oxygens (including phenoxy) is 1. The van der Waals surface area contributed by atoms with Gasteiger partial charge in [0.15, 0.2) is 0 Å². The van der Waals surface area contributed by atoms with E-state index in [0.717, 1.165) is 37.2 Å². The Morgan fingerprint density at radius 3 is 2.54 bits per heavy atom. The molecule has 1 fully saturated rings. The first kappa shape index (κ1) is 20.6. The number of piperidine rings is 1. The van der Waals surface area contributed by atoms with Gasteiger partial charge in [-0.15, -0.1) is 0 Å². The number of nitrogens with zero attached hydrogens (tertiary/aromatic N) is 1. The molecule has 1 amide bonds. The van der Waals surface area contributed by atoms with Crippen molar-refractivity contribution in [2.24, 2.45) is 5.92 Å². The summed E-state index contributed by atoms with van der Waals surface area (Å²) in [5.74, 6) is 0.574. The van der Waals surface area contributed by atoms with Crippen molar-refractivity contribution in [3.63, 3.8) is 0 Å². The van der Waals surface area contributed by atoms with Crippen LogP contribution in [0, 0.1) is 11.7 Å². The van der Waals surface area contributed by atoms with Crippen LogP contribution in [0.5, 0.6) is 5.75 Å². The maximum Gasteiger partial charge on any atom is 0.223 e. The molecule has 1 N–H and O–H groups in total. The van der Waals surface area contributed by atoms with Crippen LogP contribution in [0.3, 0.4) is 0 Å². The summed E-state index contributed by atoms with van der Waals surface area (Å²) in [6.07, 6.45) is 1.51. The molecule has 0 saturated carbocycles. The minimum atomic E-state index is -0.277. The number of hydrogen-bond donors (Lipinski definition) is 1.